The maximum Gasteiger partial charge on any atom is 0.278 e. The summed E-state index contributed by atoms with van der Waals surface area (Å²) in [6, 6.07) is 9.58. The number of hydrogen-bond donors (Lipinski definition) is 0. The van der Waals surface area contributed by atoms with Crippen molar-refractivity contribution in [2.45, 2.75) is 0 Å². The molecule has 0 saturated carbocycles. The molecule has 0 atom stereocenters. The predicted octanol–water partition coefficient (Wildman–Crippen LogP) is 3.12. The van der Waals surface area contributed by atoms with Gasteiger partial charge in [0.05, 0.1) is 5.69 Å². The SMILES string of the molecule is [CH2]c1csc(Oc2ccccc2)n1. The molecule has 0 unspecified atom stereocenters. The van der Waals surface area contributed by atoms with Crippen LogP contribution in [-0.2, 0) is 0 Å². The minimum Gasteiger partial charge on any atom is -0.431 e. The molecule has 0 N–H and O–H groups in total. The van der Waals surface area contributed by atoms with Gasteiger partial charge in [0.1, 0.15) is 5.75 Å². The molecule has 1 aromatic heterocycles. The first kappa shape index (κ1) is 8.26. The smallest absolute Gasteiger partial charge is 0.278 e. The largest absolute Gasteiger partial charge is 0.431 e. The summed E-state index contributed by atoms with van der Waals surface area (Å²) in [4.78, 5) is 4.09. The Morgan fingerprint density at radius 3 is 2.62 bits per heavy atom. The van der Waals surface area contributed by atoms with Crippen LogP contribution in [0.5, 0.6) is 10.9 Å². The molecule has 1 radical (unpaired) electrons. The Balaban J connectivity index is 2.15. The summed E-state index contributed by atoms with van der Waals surface area (Å²) in [6.45, 7) is 3.70. The lowest BCUT2D eigenvalue weighted by atomic mass is 10.3. The van der Waals surface area contributed by atoms with Crippen molar-refractivity contribution in [2.24, 2.45) is 0 Å². The summed E-state index contributed by atoms with van der Waals surface area (Å²) in [6.07, 6.45) is 0. The molecule has 1 heterocycles. The molecule has 0 bridgehead atoms. The van der Waals surface area contributed by atoms with E-state index >= 15 is 0 Å². The van der Waals surface area contributed by atoms with Crippen LogP contribution in [0.3, 0.4) is 0 Å². The van der Waals surface area contributed by atoms with Crippen molar-refractivity contribution in [1.82, 2.24) is 4.98 Å². The summed E-state index contributed by atoms with van der Waals surface area (Å²) in [5.74, 6) is 0.803. The van der Waals surface area contributed by atoms with Crippen LogP contribution in [0.1, 0.15) is 5.69 Å². The lowest BCUT2D eigenvalue weighted by molar-refractivity contribution is 0.478. The second-order valence-corrected chi connectivity index (χ2v) is 3.34. The minimum atomic E-state index is 0.635. The lowest BCUT2D eigenvalue weighted by Gasteiger charge is -1.98. The average molecular weight is 190 g/mol. The summed E-state index contributed by atoms with van der Waals surface area (Å²) in [5, 5.41) is 2.49. The molecule has 65 valence electrons. The lowest BCUT2D eigenvalue weighted by Crippen LogP contribution is -1.81. The summed E-state index contributed by atoms with van der Waals surface area (Å²) in [7, 11) is 0. The molecule has 0 aliphatic carbocycles. The van der Waals surface area contributed by atoms with Crippen LogP contribution in [0.4, 0.5) is 0 Å². The highest BCUT2D eigenvalue weighted by molar-refractivity contribution is 7.11. The quantitative estimate of drug-likeness (QED) is 0.725. The highest BCUT2D eigenvalue weighted by Crippen LogP contribution is 2.24. The molecule has 2 aromatic rings. The normalized spacial score (nSPS) is 9.92. The molecule has 13 heavy (non-hydrogen) atoms. The van der Waals surface area contributed by atoms with Gasteiger partial charge >= 0.3 is 0 Å². The summed E-state index contributed by atoms with van der Waals surface area (Å²) < 4.78 is 5.47. The van der Waals surface area contributed by atoms with Crippen molar-refractivity contribution in [3.63, 3.8) is 0 Å². The zero-order valence-corrected chi connectivity index (χ0v) is 7.75. The van der Waals surface area contributed by atoms with Gasteiger partial charge in [0.2, 0.25) is 0 Å². The van der Waals surface area contributed by atoms with Crippen molar-refractivity contribution in [1.29, 1.82) is 0 Å². The molecule has 3 heteroatoms. The number of rotatable bonds is 2. The molecule has 0 aliphatic heterocycles. The number of aromatic nitrogens is 1. The number of benzene rings is 1. The van der Waals surface area contributed by atoms with E-state index < -0.39 is 0 Å². The molecule has 0 amide bonds. The van der Waals surface area contributed by atoms with Crippen LogP contribution in [0.15, 0.2) is 35.7 Å². The van der Waals surface area contributed by atoms with E-state index in [9.17, 15) is 0 Å². The highest BCUT2D eigenvalue weighted by atomic mass is 32.1. The van der Waals surface area contributed by atoms with Crippen LogP contribution in [0.2, 0.25) is 0 Å². The first-order valence-electron chi connectivity index (χ1n) is 3.85. The van der Waals surface area contributed by atoms with Gasteiger partial charge in [0.25, 0.3) is 5.19 Å². The monoisotopic (exact) mass is 190 g/mol. The molecular formula is C10H8NOS. The van der Waals surface area contributed by atoms with Crippen molar-refractivity contribution in [2.75, 3.05) is 0 Å². The number of hydrogen-bond acceptors (Lipinski definition) is 3. The third kappa shape index (κ3) is 2.06. The van der Waals surface area contributed by atoms with Crippen LogP contribution >= 0.6 is 11.3 Å². The van der Waals surface area contributed by atoms with Gasteiger partial charge < -0.3 is 4.74 Å². The van der Waals surface area contributed by atoms with Gasteiger partial charge in [-0.2, -0.15) is 0 Å². The van der Waals surface area contributed by atoms with Crippen molar-refractivity contribution >= 4 is 11.3 Å². The average Bonchev–Trinajstić information content (AvgIpc) is 2.53. The van der Waals surface area contributed by atoms with Gasteiger partial charge in [-0.05, 0) is 19.1 Å². The molecule has 2 nitrogen and oxygen atoms in total. The van der Waals surface area contributed by atoms with Gasteiger partial charge in [0, 0.05) is 5.38 Å². The fraction of sp³-hybridized carbons (Fsp3) is 0. The van der Waals surface area contributed by atoms with Gasteiger partial charge in [-0.15, -0.1) is 0 Å². The minimum absolute atomic E-state index is 0.635. The highest BCUT2D eigenvalue weighted by Gasteiger charge is 1.99. The fourth-order valence-electron chi connectivity index (χ4n) is 0.925. The molecule has 0 fully saturated rings. The van der Waals surface area contributed by atoms with E-state index in [1.54, 1.807) is 0 Å². The number of ether oxygens (including phenoxy) is 1. The van der Waals surface area contributed by atoms with E-state index in [2.05, 4.69) is 11.9 Å². The Bertz CT molecular complexity index is 383. The Labute approximate surface area is 80.8 Å². The van der Waals surface area contributed by atoms with Crippen LogP contribution in [-0.4, -0.2) is 4.98 Å². The van der Waals surface area contributed by atoms with E-state index in [0.29, 0.717) is 5.19 Å². The third-order valence-corrected chi connectivity index (χ3v) is 2.25. The Hall–Kier alpha value is -1.35. The molecular weight excluding hydrogens is 182 g/mol. The number of nitrogens with zero attached hydrogens (tertiary/aromatic N) is 1. The zero-order chi connectivity index (χ0) is 9.10. The standard InChI is InChI=1S/C10H8NOS/c1-8-7-13-10(11-8)12-9-5-3-2-4-6-9/h2-7H,1H2. The molecule has 1 aromatic carbocycles. The van der Waals surface area contributed by atoms with Crippen LogP contribution < -0.4 is 4.74 Å². The van der Waals surface area contributed by atoms with Gasteiger partial charge in [-0.3, -0.25) is 0 Å². The maximum atomic E-state index is 5.47. The second-order valence-electron chi connectivity index (χ2n) is 2.52. The molecule has 0 spiro atoms. The zero-order valence-electron chi connectivity index (χ0n) is 6.93. The maximum absolute atomic E-state index is 5.47. The van der Waals surface area contributed by atoms with E-state index in [1.165, 1.54) is 11.3 Å². The topological polar surface area (TPSA) is 22.1 Å². The molecule has 0 aliphatic rings. The van der Waals surface area contributed by atoms with Gasteiger partial charge in [-0.25, -0.2) is 4.98 Å². The summed E-state index contributed by atoms with van der Waals surface area (Å²) >= 11 is 1.45. The fourth-order valence-corrected chi connectivity index (χ4v) is 1.53. The van der Waals surface area contributed by atoms with Crippen molar-refractivity contribution in [3.8, 4) is 10.9 Å². The van der Waals surface area contributed by atoms with Crippen molar-refractivity contribution < 1.29 is 4.74 Å². The van der Waals surface area contributed by atoms with E-state index in [4.69, 9.17) is 4.74 Å². The first-order valence-corrected chi connectivity index (χ1v) is 4.73. The van der Waals surface area contributed by atoms with E-state index in [0.717, 1.165) is 11.4 Å². The van der Waals surface area contributed by atoms with Gasteiger partial charge in [0.15, 0.2) is 0 Å². The second kappa shape index (κ2) is 3.58. The van der Waals surface area contributed by atoms with Crippen LogP contribution in [0, 0.1) is 6.92 Å². The number of para-hydroxylation sites is 1. The number of thiazole rings is 1. The Kier molecular flexibility index (Phi) is 2.27. The van der Waals surface area contributed by atoms with Crippen LogP contribution in [0.25, 0.3) is 0 Å². The first-order chi connectivity index (χ1) is 6.34. The molecule has 2 rings (SSSR count). The Morgan fingerprint density at radius 2 is 2.00 bits per heavy atom. The predicted molar refractivity (Wildman–Crippen MR) is 53.1 cm³/mol. The van der Waals surface area contributed by atoms with Crippen molar-refractivity contribution in [3.05, 3.63) is 48.3 Å². The third-order valence-electron chi connectivity index (χ3n) is 1.48. The van der Waals surface area contributed by atoms with E-state index in [1.807, 2.05) is 35.7 Å². The Morgan fingerprint density at radius 1 is 1.23 bits per heavy atom. The van der Waals surface area contributed by atoms with E-state index in [-0.39, 0.29) is 0 Å². The molecule has 0 saturated heterocycles. The van der Waals surface area contributed by atoms with Gasteiger partial charge in [-0.1, -0.05) is 29.5 Å². The summed E-state index contributed by atoms with van der Waals surface area (Å²) in [5.41, 5.74) is 0.746.